The molecule has 0 atom stereocenters. The van der Waals surface area contributed by atoms with Gasteiger partial charge in [-0.2, -0.15) is 9.61 Å². The fourth-order valence-electron chi connectivity index (χ4n) is 1.57. The zero-order valence-electron chi connectivity index (χ0n) is 8.53. The number of rotatable bonds is 2. The van der Waals surface area contributed by atoms with Crippen LogP contribution < -0.4 is 5.73 Å². The Morgan fingerprint density at radius 1 is 1.44 bits per heavy atom. The summed E-state index contributed by atoms with van der Waals surface area (Å²) in [5.74, 6) is 0.669. The fraction of sp³-hybridized carbons (Fsp3) is 0.250. The number of nitrogens with zero attached hydrogens (tertiary/aromatic N) is 6. The third kappa shape index (κ3) is 1.20. The summed E-state index contributed by atoms with van der Waals surface area (Å²) in [5, 5.41) is 16.9. The van der Waals surface area contributed by atoms with Gasteiger partial charge in [0.25, 0.3) is 0 Å². The van der Waals surface area contributed by atoms with Gasteiger partial charge in [-0.3, -0.25) is 4.68 Å². The van der Waals surface area contributed by atoms with E-state index in [1.807, 2.05) is 17.7 Å². The molecule has 0 amide bonds. The monoisotopic (exact) mass is 235 g/mol. The molecule has 3 heterocycles. The number of hydrogen-bond acceptors (Lipinski definition) is 6. The van der Waals surface area contributed by atoms with Crippen LogP contribution in [0, 0.1) is 0 Å². The van der Waals surface area contributed by atoms with Crippen LogP contribution in [0.1, 0.15) is 6.92 Å². The van der Waals surface area contributed by atoms with Crippen LogP contribution in [-0.2, 0) is 6.54 Å². The predicted octanol–water partition coefficient (Wildman–Crippen LogP) is 0.651. The van der Waals surface area contributed by atoms with Gasteiger partial charge in [-0.15, -0.1) is 15.3 Å². The molecule has 82 valence electrons. The van der Waals surface area contributed by atoms with Gasteiger partial charge in [0.1, 0.15) is 5.69 Å². The van der Waals surface area contributed by atoms with Crippen molar-refractivity contribution in [3.63, 3.8) is 0 Å². The van der Waals surface area contributed by atoms with Crippen molar-refractivity contribution in [1.82, 2.24) is 29.6 Å². The van der Waals surface area contributed by atoms with E-state index in [1.54, 1.807) is 10.7 Å². The van der Waals surface area contributed by atoms with E-state index in [2.05, 4.69) is 20.4 Å². The second-order valence-corrected chi connectivity index (χ2v) is 4.18. The first kappa shape index (κ1) is 9.28. The van der Waals surface area contributed by atoms with Gasteiger partial charge in [-0.1, -0.05) is 11.3 Å². The average molecular weight is 235 g/mol. The van der Waals surface area contributed by atoms with E-state index < -0.39 is 0 Å². The molecule has 0 aromatic carbocycles. The Hall–Kier alpha value is -1.96. The van der Waals surface area contributed by atoms with Crippen LogP contribution in [0.4, 0.5) is 5.13 Å². The molecule has 0 fully saturated rings. The third-order valence-corrected chi connectivity index (χ3v) is 2.98. The van der Waals surface area contributed by atoms with Gasteiger partial charge in [0.15, 0.2) is 0 Å². The molecular formula is C8H9N7S. The minimum absolute atomic E-state index is 0.480. The number of anilines is 1. The first-order valence-electron chi connectivity index (χ1n) is 4.79. The molecule has 7 nitrogen and oxygen atoms in total. The van der Waals surface area contributed by atoms with E-state index in [4.69, 9.17) is 5.73 Å². The Kier molecular flexibility index (Phi) is 1.90. The zero-order valence-corrected chi connectivity index (χ0v) is 9.35. The molecule has 0 saturated heterocycles. The minimum atomic E-state index is 0.480. The highest BCUT2D eigenvalue weighted by Gasteiger charge is 2.15. The molecule has 8 heteroatoms. The van der Waals surface area contributed by atoms with E-state index in [1.165, 1.54) is 11.3 Å². The van der Waals surface area contributed by atoms with Crippen molar-refractivity contribution < 1.29 is 0 Å². The summed E-state index contributed by atoms with van der Waals surface area (Å²) in [6, 6.07) is 1.88. The highest BCUT2D eigenvalue weighted by Crippen LogP contribution is 2.21. The molecule has 3 aromatic heterocycles. The first-order chi connectivity index (χ1) is 7.79. The fourth-order valence-corrected chi connectivity index (χ4v) is 2.17. The van der Waals surface area contributed by atoms with Crippen molar-refractivity contribution in [2.75, 3.05) is 5.73 Å². The molecule has 0 spiro atoms. The van der Waals surface area contributed by atoms with E-state index in [0.29, 0.717) is 15.9 Å². The molecule has 2 N–H and O–H groups in total. The summed E-state index contributed by atoms with van der Waals surface area (Å²) in [6.07, 6.45) is 1.73. The molecule has 16 heavy (non-hydrogen) atoms. The second kappa shape index (κ2) is 3.27. The Morgan fingerprint density at radius 3 is 3.12 bits per heavy atom. The molecule has 3 rings (SSSR count). The van der Waals surface area contributed by atoms with Crippen LogP contribution in [0.2, 0.25) is 0 Å². The normalized spacial score (nSPS) is 11.3. The topological polar surface area (TPSA) is 86.9 Å². The number of aryl methyl sites for hydroxylation is 1. The summed E-state index contributed by atoms with van der Waals surface area (Å²) >= 11 is 1.31. The SMILES string of the molecule is CCn1nccc1-c1nnc2sc(N)nn12. The summed E-state index contributed by atoms with van der Waals surface area (Å²) in [7, 11) is 0. The van der Waals surface area contributed by atoms with Gasteiger partial charge < -0.3 is 5.73 Å². The maximum atomic E-state index is 5.62. The van der Waals surface area contributed by atoms with Crippen molar-refractivity contribution in [2.24, 2.45) is 0 Å². The van der Waals surface area contributed by atoms with E-state index in [-0.39, 0.29) is 0 Å². The van der Waals surface area contributed by atoms with E-state index in [0.717, 1.165) is 12.2 Å². The van der Waals surface area contributed by atoms with Crippen molar-refractivity contribution in [3.8, 4) is 11.5 Å². The largest absolute Gasteiger partial charge is 0.374 e. The maximum absolute atomic E-state index is 5.62. The maximum Gasteiger partial charge on any atom is 0.236 e. The molecule has 0 aliphatic heterocycles. The Labute approximate surface area is 94.5 Å². The summed E-state index contributed by atoms with van der Waals surface area (Å²) in [5.41, 5.74) is 6.51. The summed E-state index contributed by atoms with van der Waals surface area (Å²) < 4.78 is 3.48. The number of fused-ring (bicyclic) bond motifs is 1. The van der Waals surface area contributed by atoms with Gasteiger partial charge in [-0.05, 0) is 13.0 Å². The number of nitrogens with two attached hydrogens (primary N) is 1. The minimum Gasteiger partial charge on any atom is -0.374 e. The molecule has 0 unspecified atom stereocenters. The molecule has 3 aromatic rings. The van der Waals surface area contributed by atoms with Crippen LogP contribution in [0.5, 0.6) is 0 Å². The highest BCUT2D eigenvalue weighted by atomic mass is 32.1. The van der Waals surface area contributed by atoms with Crippen LogP contribution in [0.15, 0.2) is 12.3 Å². The molecule has 0 aliphatic carbocycles. The average Bonchev–Trinajstić information content (AvgIpc) is 2.90. The lowest BCUT2D eigenvalue weighted by Gasteiger charge is -2.00. The van der Waals surface area contributed by atoms with Gasteiger partial charge in [-0.25, -0.2) is 0 Å². The zero-order chi connectivity index (χ0) is 11.1. The van der Waals surface area contributed by atoms with Crippen molar-refractivity contribution in [2.45, 2.75) is 13.5 Å². The standard InChI is InChI=1S/C8H9N7S/c1-2-14-5(3-4-10-14)6-11-12-8-15(6)13-7(9)16-8/h3-4H,2H2,1H3,(H2,9,13). The van der Waals surface area contributed by atoms with Gasteiger partial charge >= 0.3 is 0 Å². The van der Waals surface area contributed by atoms with E-state index >= 15 is 0 Å². The lowest BCUT2D eigenvalue weighted by molar-refractivity contribution is 0.661. The lowest BCUT2D eigenvalue weighted by atomic mass is 10.4. The Morgan fingerprint density at radius 2 is 2.31 bits per heavy atom. The quantitative estimate of drug-likeness (QED) is 0.704. The molecule has 0 saturated carbocycles. The number of aromatic nitrogens is 6. The van der Waals surface area contributed by atoms with Gasteiger partial charge in [0, 0.05) is 12.7 Å². The van der Waals surface area contributed by atoms with Gasteiger partial charge in [0.05, 0.1) is 0 Å². The molecular weight excluding hydrogens is 226 g/mol. The highest BCUT2D eigenvalue weighted by molar-refractivity contribution is 7.20. The third-order valence-electron chi connectivity index (χ3n) is 2.25. The van der Waals surface area contributed by atoms with Gasteiger partial charge in [0.2, 0.25) is 15.9 Å². The first-order valence-corrected chi connectivity index (χ1v) is 5.61. The predicted molar refractivity (Wildman–Crippen MR) is 60.0 cm³/mol. The molecule has 0 aliphatic rings. The van der Waals surface area contributed by atoms with Crippen molar-refractivity contribution in [1.29, 1.82) is 0 Å². The van der Waals surface area contributed by atoms with E-state index in [9.17, 15) is 0 Å². The Balaban J connectivity index is 2.25. The summed E-state index contributed by atoms with van der Waals surface area (Å²) in [4.78, 5) is 0.691. The van der Waals surface area contributed by atoms with Crippen molar-refractivity contribution >= 4 is 21.4 Å². The van der Waals surface area contributed by atoms with Crippen LogP contribution in [0.3, 0.4) is 0 Å². The lowest BCUT2D eigenvalue weighted by Crippen LogP contribution is -2.02. The van der Waals surface area contributed by atoms with Crippen LogP contribution in [0.25, 0.3) is 16.5 Å². The van der Waals surface area contributed by atoms with Crippen LogP contribution in [-0.4, -0.2) is 29.6 Å². The second-order valence-electron chi connectivity index (χ2n) is 3.19. The summed E-state index contributed by atoms with van der Waals surface area (Å²) in [6.45, 7) is 2.79. The molecule has 0 radical (unpaired) electrons. The smallest absolute Gasteiger partial charge is 0.236 e. The van der Waals surface area contributed by atoms with Crippen LogP contribution >= 0.6 is 11.3 Å². The van der Waals surface area contributed by atoms with Crippen molar-refractivity contribution in [3.05, 3.63) is 12.3 Å². The molecule has 0 bridgehead atoms. The Bertz CT molecular complexity index is 634. The number of nitrogen functional groups attached to an aromatic ring is 1. The number of hydrogen-bond donors (Lipinski definition) is 1.